The SMILES string of the molecule is C[C@@H](OC(=O)CN=C1NS(=O)(=O)c2ccccc21)C(=O)NCc1ccccc1. The number of carbonyl (C=O) groups excluding carboxylic acids is 2. The molecule has 3 rings (SSSR count). The molecule has 1 aliphatic rings. The maximum Gasteiger partial charge on any atom is 0.328 e. The Hall–Kier alpha value is -3.20. The number of rotatable bonds is 6. The van der Waals surface area contributed by atoms with Gasteiger partial charge in [0.05, 0.1) is 4.90 Å². The number of carbonyl (C=O) groups is 2. The van der Waals surface area contributed by atoms with Crippen molar-refractivity contribution in [3.63, 3.8) is 0 Å². The number of hydrogen-bond acceptors (Lipinski definition) is 6. The van der Waals surface area contributed by atoms with Crippen molar-refractivity contribution in [1.82, 2.24) is 10.0 Å². The van der Waals surface area contributed by atoms with E-state index in [4.69, 9.17) is 4.74 Å². The molecule has 0 unspecified atom stereocenters. The lowest BCUT2D eigenvalue weighted by Gasteiger charge is -2.13. The van der Waals surface area contributed by atoms with Crippen molar-refractivity contribution >= 4 is 27.7 Å². The van der Waals surface area contributed by atoms with Gasteiger partial charge in [0.25, 0.3) is 15.9 Å². The Balaban J connectivity index is 1.54. The quantitative estimate of drug-likeness (QED) is 0.700. The molecule has 1 amide bonds. The topological polar surface area (TPSA) is 114 Å². The number of hydrogen-bond donors (Lipinski definition) is 2. The molecule has 28 heavy (non-hydrogen) atoms. The predicted molar refractivity (Wildman–Crippen MR) is 102 cm³/mol. The zero-order valence-corrected chi connectivity index (χ0v) is 15.9. The lowest BCUT2D eigenvalue weighted by atomic mass is 10.2. The van der Waals surface area contributed by atoms with Gasteiger partial charge in [0.2, 0.25) is 0 Å². The minimum Gasteiger partial charge on any atom is -0.451 e. The minimum absolute atomic E-state index is 0.0775. The molecule has 0 radical (unpaired) electrons. The van der Waals surface area contributed by atoms with Gasteiger partial charge in [-0.05, 0) is 24.6 Å². The second-order valence-corrected chi connectivity index (χ2v) is 7.75. The van der Waals surface area contributed by atoms with E-state index in [-0.39, 0.29) is 10.7 Å². The molecule has 0 aromatic heterocycles. The van der Waals surface area contributed by atoms with Crippen molar-refractivity contribution in [3.05, 3.63) is 65.7 Å². The van der Waals surface area contributed by atoms with Crippen molar-refractivity contribution in [1.29, 1.82) is 0 Å². The van der Waals surface area contributed by atoms with Gasteiger partial charge in [0.15, 0.2) is 6.10 Å². The zero-order chi connectivity index (χ0) is 20.1. The summed E-state index contributed by atoms with van der Waals surface area (Å²) in [6.45, 7) is 1.36. The molecule has 0 fully saturated rings. The third-order valence-corrected chi connectivity index (χ3v) is 5.41. The Morgan fingerprint density at radius 2 is 1.79 bits per heavy atom. The van der Waals surface area contributed by atoms with E-state index >= 15 is 0 Å². The molecule has 2 aromatic rings. The van der Waals surface area contributed by atoms with Crippen LogP contribution in [-0.4, -0.2) is 38.8 Å². The van der Waals surface area contributed by atoms with Crippen LogP contribution in [0.5, 0.6) is 0 Å². The zero-order valence-electron chi connectivity index (χ0n) is 15.1. The first kappa shape index (κ1) is 19.6. The first-order valence-corrected chi connectivity index (χ1v) is 10.0. The average molecular weight is 401 g/mol. The molecule has 146 valence electrons. The third kappa shape index (κ3) is 4.55. The number of aliphatic imine (C=N–C) groups is 1. The van der Waals surface area contributed by atoms with Crippen LogP contribution in [0.4, 0.5) is 0 Å². The van der Waals surface area contributed by atoms with Crippen molar-refractivity contribution in [2.75, 3.05) is 6.54 Å². The molecule has 8 nitrogen and oxygen atoms in total. The molecule has 1 aliphatic heterocycles. The van der Waals surface area contributed by atoms with E-state index in [1.807, 2.05) is 30.3 Å². The van der Waals surface area contributed by atoms with Crippen LogP contribution >= 0.6 is 0 Å². The molecule has 2 N–H and O–H groups in total. The van der Waals surface area contributed by atoms with E-state index in [9.17, 15) is 18.0 Å². The van der Waals surface area contributed by atoms with E-state index in [0.717, 1.165) is 5.56 Å². The summed E-state index contributed by atoms with van der Waals surface area (Å²) < 4.78 is 31.4. The summed E-state index contributed by atoms with van der Waals surface area (Å²) in [4.78, 5) is 28.1. The van der Waals surface area contributed by atoms with E-state index < -0.39 is 34.5 Å². The number of esters is 1. The lowest BCUT2D eigenvalue weighted by Crippen LogP contribution is -2.36. The van der Waals surface area contributed by atoms with Crippen LogP contribution < -0.4 is 10.0 Å². The first-order valence-electron chi connectivity index (χ1n) is 8.54. The van der Waals surface area contributed by atoms with Crippen molar-refractivity contribution in [3.8, 4) is 0 Å². The number of fused-ring (bicyclic) bond motifs is 1. The van der Waals surface area contributed by atoms with Gasteiger partial charge in [0.1, 0.15) is 12.4 Å². The van der Waals surface area contributed by atoms with Crippen LogP contribution in [0.25, 0.3) is 0 Å². The second kappa shape index (κ2) is 8.22. The maximum absolute atomic E-state index is 12.0. The summed E-state index contributed by atoms with van der Waals surface area (Å²) in [5.41, 5.74) is 1.32. The Bertz CT molecular complexity index is 1020. The fraction of sp³-hybridized carbons (Fsp3) is 0.211. The number of sulfonamides is 1. The largest absolute Gasteiger partial charge is 0.451 e. The highest BCUT2D eigenvalue weighted by atomic mass is 32.2. The summed E-state index contributed by atoms with van der Waals surface area (Å²) in [6.07, 6.45) is -0.996. The van der Waals surface area contributed by atoms with Crippen LogP contribution in [0.3, 0.4) is 0 Å². The van der Waals surface area contributed by atoms with Gasteiger partial charge < -0.3 is 10.1 Å². The fourth-order valence-electron chi connectivity index (χ4n) is 2.61. The van der Waals surface area contributed by atoms with E-state index in [1.54, 1.807) is 18.2 Å². The molecular weight excluding hydrogens is 382 g/mol. The normalized spacial score (nSPS) is 16.7. The van der Waals surface area contributed by atoms with E-state index in [0.29, 0.717) is 12.1 Å². The van der Waals surface area contributed by atoms with Crippen molar-refractivity contribution < 1.29 is 22.7 Å². The lowest BCUT2D eigenvalue weighted by molar-refractivity contribution is -0.153. The van der Waals surface area contributed by atoms with Crippen LogP contribution in [0, 0.1) is 0 Å². The number of nitrogens with one attached hydrogen (secondary N) is 2. The molecule has 1 atom stereocenters. The van der Waals surface area contributed by atoms with Crippen LogP contribution in [0.1, 0.15) is 18.1 Å². The van der Waals surface area contributed by atoms with Crippen LogP contribution in [-0.2, 0) is 30.9 Å². The third-order valence-electron chi connectivity index (χ3n) is 4.02. The summed E-state index contributed by atoms with van der Waals surface area (Å²) in [5.74, 6) is -1.09. The van der Waals surface area contributed by atoms with Gasteiger partial charge in [-0.1, -0.05) is 42.5 Å². The highest BCUT2D eigenvalue weighted by Gasteiger charge is 2.30. The highest BCUT2D eigenvalue weighted by molar-refractivity contribution is 7.90. The van der Waals surface area contributed by atoms with Crippen LogP contribution in [0.15, 0.2) is 64.5 Å². The Kier molecular flexibility index (Phi) is 5.74. The van der Waals surface area contributed by atoms with Gasteiger partial charge in [-0.2, -0.15) is 0 Å². The van der Waals surface area contributed by atoms with E-state index in [2.05, 4.69) is 15.0 Å². The van der Waals surface area contributed by atoms with Gasteiger partial charge in [-0.3, -0.25) is 19.3 Å². The number of ether oxygens (including phenoxy) is 1. The summed E-state index contributed by atoms with van der Waals surface area (Å²) in [7, 11) is -3.67. The summed E-state index contributed by atoms with van der Waals surface area (Å²) in [6, 6.07) is 15.7. The number of benzene rings is 2. The molecule has 9 heteroatoms. The molecule has 0 spiro atoms. The minimum atomic E-state index is -3.67. The Morgan fingerprint density at radius 1 is 1.11 bits per heavy atom. The number of amides is 1. The Labute approximate surface area is 162 Å². The molecule has 0 saturated heterocycles. The fourth-order valence-corrected chi connectivity index (χ4v) is 3.86. The summed E-state index contributed by atoms with van der Waals surface area (Å²) >= 11 is 0. The molecule has 1 heterocycles. The Morgan fingerprint density at radius 3 is 2.54 bits per heavy atom. The summed E-state index contributed by atoms with van der Waals surface area (Å²) in [5, 5.41) is 2.68. The monoisotopic (exact) mass is 401 g/mol. The number of amidine groups is 1. The molecule has 2 aromatic carbocycles. The van der Waals surface area contributed by atoms with Crippen LogP contribution in [0.2, 0.25) is 0 Å². The standard InChI is InChI=1S/C19H19N3O5S/c1-13(19(24)21-11-14-7-3-2-4-8-14)27-17(23)12-20-18-15-9-5-6-10-16(15)28(25,26)22-18/h2-10,13H,11-12H2,1H3,(H,20,22)(H,21,24)/t13-/m1/s1. The average Bonchev–Trinajstić information content (AvgIpc) is 2.96. The smallest absolute Gasteiger partial charge is 0.328 e. The second-order valence-electron chi connectivity index (χ2n) is 6.10. The predicted octanol–water partition coefficient (Wildman–Crippen LogP) is 0.973. The van der Waals surface area contributed by atoms with Gasteiger partial charge in [-0.25, -0.2) is 8.42 Å². The molecule has 0 bridgehead atoms. The van der Waals surface area contributed by atoms with Gasteiger partial charge in [-0.15, -0.1) is 0 Å². The van der Waals surface area contributed by atoms with Gasteiger partial charge in [0, 0.05) is 12.1 Å². The van der Waals surface area contributed by atoms with Crippen molar-refractivity contribution in [2.45, 2.75) is 24.5 Å². The molecule has 0 saturated carbocycles. The number of nitrogens with zero attached hydrogens (tertiary/aromatic N) is 1. The van der Waals surface area contributed by atoms with Gasteiger partial charge >= 0.3 is 5.97 Å². The van der Waals surface area contributed by atoms with Crippen molar-refractivity contribution in [2.24, 2.45) is 4.99 Å². The molecule has 0 aliphatic carbocycles. The maximum atomic E-state index is 12.0. The molecular formula is C19H19N3O5S. The first-order chi connectivity index (χ1) is 13.4. The highest BCUT2D eigenvalue weighted by Crippen LogP contribution is 2.22. The van der Waals surface area contributed by atoms with E-state index in [1.165, 1.54) is 13.0 Å².